The minimum absolute atomic E-state index is 0.0152. The zero-order chi connectivity index (χ0) is 31.8. The summed E-state index contributed by atoms with van der Waals surface area (Å²) in [5.74, 6) is 3.74. The summed E-state index contributed by atoms with van der Waals surface area (Å²) in [6, 6.07) is 20.2. The van der Waals surface area contributed by atoms with Crippen LogP contribution in [0.3, 0.4) is 0 Å². The summed E-state index contributed by atoms with van der Waals surface area (Å²) in [4.78, 5) is 24.4. The third kappa shape index (κ3) is 5.77. The Morgan fingerprint density at radius 2 is 1.72 bits per heavy atom. The van der Waals surface area contributed by atoms with Gasteiger partial charge in [-0.1, -0.05) is 47.3 Å². The molecule has 4 aliphatic heterocycles. The molecule has 46 heavy (non-hydrogen) atoms. The van der Waals surface area contributed by atoms with Crippen LogP contribution in [0.25, 0.3) is 0 Å². The van der Waals surface area contributed by atoms with Crippen LogP contribution in [0.1, 0.15) is 53.5 Å². The first-order valence-corrected chi connectivity index (χ1v) is 16.9. The Bertz CT molecular complexity index is 1690. The largest absolute Gasteiger partial charge is 0.490 e. The molecule has 0 radical (unpaired) electrons. The lowest BCUT2D eigenvalue weighted by Gasteiger charge is -2.48. The second-order valence-electron chi connectivity index (χ2n) is 12.9. The number of nitrogens with one attached hydrogen (secondary N) is 1. The van der Waals surface area contributed by atoms with Gasteiger partial charge < -0.3 is 24.8 Å². The summed E-state index contributed by atoms with van der Waals surface area (Å²) in [7, 11) is 2.10. The third-order valence-electron chi connectivity index (χ3n) is 10.2. The number of benzene rings is 3. The molecule has 3 aromatic rings. The van der Waals surface area contributed by atoms with E-state index in [1.54, 1.807) is 0 Å². The van der Waals surface area contributed by atoms with Crippen LogP contribution in [0.2, 0.25) is 10.0 Å². The molecule has 4 heterocycles. The zero-order valence-electron chi connectivity index (χ0n) is 26.1. The van der Waals surface area contributed by atoms with Crippen molar-refractivity contribution < 1.29 is 9.53 Å². The molecule has 1 N–H and O–H groups in total. The van der Waals surface area contributed by atoms with Gasteiger partial charge in [0.15, 0.2) is 0 Å². The molecule has 9 heteroatoms. The van der Waals surface area contributed by atoms with E-state index in [1.807, 2.05) is 46.2 Å². The lowest BCUT2D eigenvalue weighted by atomic mass is 9.60. The van der Waals surface area contributed by atoms with Gasteiger partial charge >= 0.3 is 6.03 Å². The number of fused-ring (bicyclic) bond motifs is 2. The molecule has 0 aliphatic carbocycles. The van der Waals surface area contributed by atoms with E-state index in [4.69, 9.17) is 39.4 Å². The molecule has 2 amide bonds. The average molecular weight is 657 g/mol. The van der Waals surface area contributed by atoms with E-state index < -0.39 is 5.41 Å². The van der Waals surface area contributed by atoms with Crippen LogP contribution in [-0.4, -0.2) is 85.9 Å². The van der Waals surface area contributed by atoms with E-state index in [2.05, 4.69) is 53.7 Å². The molecule has 3 aromatic carbocycles. The van der Waals surface area contributed by atoms with Crippen molar-refractivity contribution in [3.8, 4) is 18.1 Å². The van der Waals surface area contributed by atoms with Gasteiger partial charge in [-0.2, -0.15) is 0 Å². The summed E-state index contributed by atoms with van der Waals surface area (Å²) < 4.78 is 6.84. The summed E-state index contributed by atoms with van der Waals surface area (Å²) in [5, 5.41) is 5.23. The number of amides is 2. The fourth-order valence-electron chi connectivity index (χ4n) is 7.76. The van der Waals surface area contributed by atoms with E-state index in [0.717, 1.165) is 80.1 Å². The van der Waals surface area contributed by atoms with Crippen molar-refractivity contribution in [2.24, 2.45) is 4.99 Å². The van der Waals surface area contributed by atoms with Crippen LogP contribution in [0.15, 0.2) is 65.7 Å². The fraction of sp³-hybridized carbons (Fsp3) is 0.405. The molecule has 0 bridgehead atoms. The molecule has 1 spiro atoms. The topological polar surface area (TPSA) is 60.4 Å². The number of urea groups is 1. The highest BCUT2D eigenvalue weighted by Crippen LogP contribution is 2.57. The monoisotopic (exact) mass is 655 g/mol. The summed E-state index contributed by atoms with van der Waals surface area (Å²) in [6.07, 6.45) is 10.5. The number of rotatable bonds is 4. The highest BCUT2D eigenvalue weighted by atomic mass is 35.5. The van der Waals surface area contributed by atoms with Crippen molar-refractivity contribution in [1.82, 2.24) is 20.0 Å². The number of halogens is 2. The molecule has 0 unspecified atom stereocenters. The SMILES string of the molecule is C#Cc1ccc(OC2CCN(C(=O)N3CCN(C)CC3)CC2)c([C@@H]2NCC[C@@H](c3cccc(Cl)c3)[C@]23C=Nc2cc(Cl)ccc23)c1. The van der Waals surface area contributed by atoms with Gasteiger partial charge in [0.05, 0.1) is 17.1 Å². The van der Waals surface area contributed by atoms with Gasteiger partial charge in [-0.15, -0.1) is 6.42 Å². The molecule has 7 nitrogen and oxygen atoms in total. The number of carbonyl (C=O) groups is 1. The van der Waals surface area contributed by atoms with Crippen LogP contribution >= 0.6 is 23.2 Å². The van der Waals surface area contributed by atoms with Crippen molar-refractivity contribution in [3.05, 3.63) is 93.0 Å². The molecule has 238 valence electrons. The number of ether oxygens (including phenoxy) is 1. The van der Waals surface area contributed by atoms with Crippen molar-refractivity contribution in [1.29, 1.82) is 0 Å². The Kier molecular flexibility index (Phi) is 8.73. The summed E-state index contributed by atoms with van der Waals surface area (Å²) >= 11 is 13.0. The predicted octanol–water partition coefficient (Wildman–Crippen LogP) is 6.66. The van der Waals surface area contributed by atoms with Crippen LogP contribution in [0.4, 0.5) is 10.5 Å². The van der Waals surface area contributed by atoms with Gasteiger partial charge in [0.25, 0.3) is 0 Å². The number of piperidine rings is 2. The second-order valence-corrected chi connectivity index (χ2v) is 13.8. The number of likely N-dealkylation sites (tertiary alicyclic amines) is 1. The van der Waals surface area contributed by atoms with Crippen molar-refractivity contribution in [3.63, 3.8) is 0 Å². The number of piperazine rings is 1. The lowest BCUT2D eigenvalue weighted by Crippen LogP contribution is -2.54. The smallest absolute Gasteiger partial charge is 0.320 e. The second kappa shape index (κ2) is 12.9. The normalized spacial score (nSPS) is 25.0. The first kappa shape index (κ1) is 31.1. The van der Waals surface area contributed by atoms with Crippen LogP contribution in [0.5, 0.6) is 5.75 Å². The molecular weight excluding hydrogens is 617 g/mol. The molecule has 4 aliphatic rings. The number of hydrogen-bond acceptors (Lipinski definition) is 5. The molecular formula is C37H39Cl2N5O2. The van der Waals surface area contributed by atoms with Gasteiger partial charge in [-0.25, -0.2) is 4.79 Å². The van der Waals surface area contributed by atoms with Gasteiger partial charge in [0, 0.05) is 85.4 Å². The minimum Gasteiger partial charge on any atom is -0.490 e. The van der Waals surface area contributed by atoms with Crippen LogP contribution < -0.4 is 10.1 Å². The maximum Gasteiger partial charge on any atom is 0.320 e. The quantitative estimate of drug-likeness (QED) is 0.320. The Hall–Kier alpha value is -3.54. The van der Waals surface area contributed by atoms with Gasteiger partial charge in [0.1, 0.15) is 11.9 Å². The van der Waals surface area contributed by atoms with E-state index >= 15 is 0 Å². The van der Waals surface area contributed by atoms with Gasteiger partial charge in [-0.05, 0) is 73.6 Å². The van der Waals surface area contributed by atoms with E-state index in [0.29, 0.717) is 23.1 Å². The summed E-state index contributed by atoms with van der Waals surface area (Å²) in [5.41, 5.74) is 4.43. The number of carbonyl (C=O) groups excluding carboxylic acids is 1. The molecule has 7 rings (SSSR count). The van der Waals surface area contributed by atoms with Crippen LogP contribution in [0, 0.1) is 12.3 Å². The number of terminal acetylenes is 1. The highest BCUT2D eigenvalue weighted by Gasteiger charge is 2.53. The number of likely N-dealkylation sites (N-methyl/N-ethyl adjacent to an activating group) is 1. The van der Waals surface area contributed by atoms with Gasteiger partial charge in [0.2, 0.25) is 0 Å². The highest BCUT2D eigenvalue weighted by molar-refractivity contribution is 6.31. The van der Waals surface area contributed by atoms with E-state index in [1.165, 1.54) is 5.56 Å². The zero-order valence-corrected chi connectivity index (χ0v) is 27.6. The van der Waals surface area contributed by atoms with E-state index in [-0.39, 0.29) is 24.1 Å². The average Bonchev–Trinajstić information content (AvgIpc) is 3.43. The first-order valence-electron chi connectivity index (χ1n) is 16.2. The first-order chi connectivity index (χ1) is 22.4. The number of nitrogens with zero attached hydrogens (tertiary/aromatic N) is 4. The Morgan fingerprint density at radius 3 is 2.48 bits per heavy atom. The molecule has 3 saturated heterocycles. The van der Waals surface area contributed by atoms with E-state index in [9.17, 15) is 4.79 Å². The Morgan fingerprint density at radius 1 is 0.957 bits per heavy atom. The maximum absolute atomic E-state index is 13.2. The van der Waals surface area contributed by atoms with Crippen molar-refractivity contribution >= 4 is 41.1 Å². The molecule has 3 atom stereocenters. The number of aliphatic imine (C=N–C) groups is 1. The summed E-state index contributed by atoms with van der Waals surface area (Å²) in [6.45, 7) is 5.54. The van der Waals surface area contributed by atoms with Crippen LogP contribution in [-0.2, 0) is 5.41 Å². The van der Waals surface area contributed by atoms with Crippen molar-refractivity contribution in [2.45, 2.75) is 42.7 Å². The molecule has 3 fully saturated rings. The Labute approximate surface area is 281 Å². The number of hydrogen-bond donors (Lipinski definition) is 1. The maximum atomic E-state index is 13.2. The minimum atomic E-state index is -0.535. The third-order valence-corrected chi connectivity index (χ3v) is 10.7. The van der Waals surface area contributed by atoms with Crippen molar-refractivity contribution in [2.75, 3.05) is 52.9 Å². The molecule has 0 saturated carbocycles. The fourth-order valence-corrected chi connectivity index (χ4v) is 8.12. The predicted molar refractivity (Wildman–Crippen MR) is 185 cm³/mol. The standard InChI is InChI=1S/C37H39Cl2N5O2/c1-3-25-7-10-34(46-29-12-15-43(16-13-29)36(45)44-19-17-42(2)18-20-44)30(21-25)35-37(24-41-33-23-28(39)8-9-32(33)37)31(11-14-40-35)26-5-4-6-27(38)22-26/h1,4-10,21-24,29,31,35,40H,11-20H2,2H3/t31-,35-,37-/m0/s1. The molecule has 0 aromatic heterocycles. The Balaban J connectivity index is 1.20. The lowest BCUT2D eigenvalue weighted by molar-refractivity contribution is 0.0829. The van der Waals surface area contributed by atoms with Gasteiger partial charge in [-0.3, -0.25) is 4.99 Å².